The number of aromatic nitrogens is 2. The highest BCUT2D eigenvalue weighted by Crippen LogP contribution is 2.36. The average Bonchev–Trinajstić information content (AvgIpc) is 3.07. The Morgan fingerprint density at radius 2 is 1.85 bits per heavy atom. The lowest BCUT2D eigenvalue weighted by atomic mass is 9.94. The molecule has 0 bridgehead atoms. The van der Waals surface area contributed by atoms with E-state index < -0.39 is 0 Å². The minimum atomic E-state index is -0.217. The predicted molar refractivity (Wildman–Crippen MR) is 105 cm³/mol. The second kappa shape index (κ2) is 6.46. The Morgan fingerprint density at radius 1 is 1.08 bits per heavy atom. The smallest absolute Gasteiger partial charge is 0.260 e. The Hall–Kier alpha value is -2.85. The van der Waals surface area contributed by atoms with E-state index in [0.29, 0.717) is 16.3 Å². The van der Waals surface area contributed by atoms with E-state index in [9.17, 15) is 4.79 Å². The van der Waals surface area contributed by atoms with Crippen LogP contribution in [0.1, 0.15) is 18.2 Å². The fraction of sp³-hybridized carbons (Fsp3) is 0.143. The number of halogens is 1. The van der Waals surface area contributed by atoms with Gasteiger partial charge in [0.05, 0.1) is 11.3 Å². The lowest BCUT2D eigenvalue weighted by molar-refractivity contribution is 0.427. The highest BCUT2D eigenvalue weighted by atomic mass is 35.5. The largest absolute Gasteiger partial charge is 0.356 e. The molecular weight excluding hydrogens is 348 g/mol. The third-order valence-electron chi connectivity index (χ3n) is 4.50. The van der Waals surface area contributed by atoms with Gasteiger partial charge in [0.1, 0.15) is 0 Å². The molecule has 0 aliphatic heterocycles. The Morgan fingerprint density at radius 3 is 2.50 bits per heavy atom. The molecule has 4 nitrogen and oxygen atoms in total. The van der Waals surface area contributed by atoms with E-state index in [1.54, 1.807) is 12.1 Å². The van der Waals surface area contributed by atoms with Crippen LogP contribution >= 0.6 is 11.6 Å². The standard InChI is InChI=1S/C21H17ClN2O2/c1-3-13-4-6-14(7-5-13)19-16-11-15(22)8-9-17(16)23-21(25)20(19)18-10-12(2)24-26-18/h4-11H,3H2,1-2H3,(H,23,25). The van der Waals surface area contributed by atoms with Crippen molar-refractivity contribution in [3.8, 4) is 22.5 Å². The third kappa shape index (κ3) is 2.82. The number of pyridine rings is 1. The number of hydrogen-bond donors (Lipinski definition) is 1. The van der Waals surface area contributed by atoms with Crippen molar-refractivity contribution in [2.24, 2.45) is 0 Å². The van der Waals surface area contributed by atoms with Gasteiger partial charge in [0.15, 0.2) is 5.76 Å². The van der Waals surface area contributed by atoms with Gasteiger partial charge < -0.3 is 9.51 Å². The van der Waals surface area contributed by atoms with Crippen LogP contribution in [0.2, 0.25) is 5.02 Å². The zero-order valence-corrected chi connectivity index (χ0v) is 15.2. The summed E-state index contributed by atoms with van der Waals surface area (Å²) < 4.78 is 5.41. The molecule has 1 N–H and O–H groups in total. The van der Waals surface area contributed by atoms with Gasteiger partial charge in [-0.3, -0.25) is 4.79 Å². The number of fused-ring (bicyclic) bond motifs is 1. The van der Waals surface area contributed by atoms with Crippen LogP contribution in [0.4, 0.5) is 0 Å². The van der Waals surface area contributed by atoms with Crippen LogP contribution in [0.15, 0.2) is 57.8 Å². The van der Waals surface area contributed by atoms with Gasteiger partial charge >= 0.3 is 0 Å². The van der Waals surface area contributed by atoms with Crippen molar-refractivity contribution >= 4 is 22.5 Å². The third-order valence-corrected chi connectivity index (χ3v) is 4.74. The Bertz CT molecular complexity index is 1160. The maximum atomic E-state index is 12.9. The molecule has 4 aromatic rings. The Kier molecular flexibility index (Phi) is 4.13. The SMILES string of the molecule is CCc1ccc(-c2c(-c3cc(C)no3)c(=O)[nH]c3ccc(Cl)cc23)cc1. The van der Waals surface area contributed by atoms with Crippen molar-refractivity contribution in [2.75, 3.05) is 0 Å². The molecule has 0 saturated carbocycles. The minimum Gasteiger partial charge on any atom is -0.356 e. The predicted octanol–water partition coefficient (Wildman–Crippen LogP) is 5.37. The average molecular weight is 365 g/mol. The Labute approximate surface area is 155 Å². The quantitative estimate of drug-likeness (QED) is 0.531. The molecule has 0 atom stereocenters. The zero-order chi connectivity index (χ0) is 18.3. The minimum absolute atomic E-state index is 0.217. The lowest BCUT2D eigenvalue weighted by Gasteiger charge is -2.12. The molecule has 0 aliphatic carbocycles. The summed E-state index contributed by atoms with van der Waals surface area (Å²) in [7, 11) is 0. The molecule has 5 heteroatoms. The molecule has 2 aromatic carbocycles. The molecule has 2 heterocycles. The summed E-state index contributed by atoms with van der Waals surface area (Å²) in [5.74, 6) is 0.445. The van der Waals surface area contributed by atoms with E-state index >= 15 is 0 Å². The first kappa shape index (κ1) is 16.6. The maximum Gasteiger partial charge on any atom is 0.260 e. The van der Waals surface area contributed by atoms with E-state index in [1.807, 2.05) is 31.2 Å². The highest BCUT2D eigenvalue weighted by Gasteiger charge is 2.19. The first-order valence-electron chi connectivity index (χ1n) is 8.45. The summed E-state index contributed by atoms with van der Waals surface area (Å²) in [6.07, 6.45) is 0.955. The van der Waals surface area contributed by atoms with Crippen molar-refractivity contribution in [1.29, 1.82) is 0 Å². The van der Waals surface area contributed by atoms with Crippen LogP contribution in [0, 0.1) is 6.92 Å². The van der Waals surface area contributed by atoms with E-state index in [0.717, 1.165) is 34.1 Å². The van der Waals surface area contributed by atoms with Crippen LogP contribution in [0.5, 0.6) is 0 Å². The molecular formula is C21H17ClN2O2. The topological polar surface area (TPSA) is 58.9 Å². The summed E-state index contributed by atoms with van der Waals surface area (Å²) in [6, 6.07) is 15.4. The van der Waals surface area contributed by atoms with E-state index in [2.05, 4.69) is 29.2 Å². The summed E-state index contributed by atoms with van der Waals surface area (Å²) in [5, 5.41) is 5.41. The Balaban J connectivity index is 2.11. The number of H-pyrrole nitrogens is 1. The fourth-order valence-electron chi connectivity index (χ4n) is 3.19. The van der Waals surface area contributed by atoms with Crippen LogP contribution in [0.3, 0.4) is 0 Å². The molecule has 2 aromatic heterocycles. The van der Waals surface area contributed by atoms with Crippen molar-refractivity contribution in [3.63, 3.8) is 0 Å². The molecule has 26 heavy (non-hydrogen) atoms. The summed E-state index contributed by atoms with van der Waals surface area (Å²) in [4.78, 5) is 15.8. The van der Waals surface area contributed by atoms with Crippen LogP contribution in [0.25, 0.3) is 33.4 Å². The number of hydrogen-bond acceptors (Lipinski definition) is 3. The van der Waals surface area contributed by atoms with E-state index in [4.69, 9.17) is 16.1 Å². The first-order valence-corrected chi connectivity index (χ1v) is 8.83. The molecule has 0 unspecified atom stereocenters. The van der Waals surface area contributed by atoms with E-state index in [-0.39, 0.29) is 5.56 Å². The molecule has 4 rings (SSSR count). The van der Waals surface area contributed by atoms with E-state index in [1.165, 1.54) is 5.56 Å². The highest BCUT2D eigenvalue weighted by molar-refractivity contribution is 6.31. The maximum absolute atomic E-state index is 12.9. The molecule has 130 valence electrons. The van der Waals surface area contributed by atoms with Gasteiger partial charge in [-0.2, -0.15) is 0 Å². The molecule has 0 fully saturated rings. The van der Waals surface area contributed by atoms with Gasteiger partial charge in [-0.15, -0.1) is 0 Å². The van der Waals surface area contributed by atoms with Gasteiger partial charge in [-0.05, 0) is 42.7 Å². The van der Waals surface area contributed by atoms with Crippen LogP contribution < -0.4 is 5.56 Å². The van der Waals surface area contributed by atoms with Gasteiger partial charge in [0, 0.05) is 27.6 Å². The normalized spacial score (nSPS) is 11.2. The number of nitrogens with zero attached hydrogens (tertiary/aromatic N) is 1. The number of nitrogens with one attached hydrogen (secondary N) is 1. The first-order chi connectivity index (χ1) is 12.6. The van der Waals surface area contributed by atoms with Crippen molar-refractivity contribution in [1.82, 2.24) is 10.1 Å². The summed E-state index contributed by atoms with van der Waals surface area (Å²) >= 11 is 6.24. The molecule has 0 aliphatic rings. The fourth-order valence-corrected chi connectivity index (χ4v) is 3.36. The van der Waals surface area contributed by atoms with Gasteiger partial charge in [-0.25, -0.2) is 0 Å². The van der Waals surface area contributed by atoms with Crippen molar-refractivity contribution < 1.29 is 4.52 Å². The number of aromatic amines is 1. The zero-order valence-electron chi connectivity index (χ0n) is 14.5. The molecule has 0 spiro atoms. The van der Waals surface area contributed by atoms with Gasteiger partial charge in [0.2, 0.25) is 0 Å². The summed E-state index contributed by atoms with van der Waals surface area (Å²) in [6.45, 7) is 3.94. The second-order valence-electron chi connectivity index (χ2n) is 6.28. The van der Waals surface area contributed by atoms with Crippen LogP contribution in [-0.4, -0.2) is 10.1 Å². The van der Waals surface area contributed by atoms with Gasteiger partial charge in [-0.1, -0.05) is 47.9 Å². The number of rotatable bonds is 3. The van der Waals surface area contributed by atoms with Gasteiger partial charge in [0.25, 0.3) is 5.56 Å². The van der Waals surface area contributed by atoms with Crippen LogP contribution in [-0.2, 0) is 6.42 Å². The second-order valence-corrected chi connectivity index (χ2v) is 6.71. The molecule has 0 radical (unpaired) electrons. The lowest BCUT2D eigenvalue weighted by Crippen LogP contribution is -2.11. The van der Waals surface area contributed by atoms with Crippen molar-refractivity contribution in [3.05, 3.63) is 75.2 Å². The molecule has 0 amide bonds. The van der Waals surface area contributed by atoms with Crippen molar-refractivity contribution in [2.45, 2.75) is 20.3 Å². The number of benzene rings is 2. The molecule has 0 saturated heterocycles. The summed E-state index contributed by atoms with van der Waals surface area (Å²) in [5.41, 5.74) is 4.66. The number of aryl methyl sites for hydroxylation is 2. The monoisotopic (exact) mass is 364 g/mol.